The standard InChI is InChI=1S/C25H26N4/c1-19-24(22-11-5-6-12-23(22)27-19)25(20-8-7-13-26-18-20)29-16-14-28(15-17-29)21-9-3-2-4-10-21/h2-13,18,25,27H,14-17H2,1H3. The molecule has 29 heavy (non-hydrogen) atoms. The van der Waals surface area contributed by atoms with Crippen LogP contribution in [0.4, 0.5) is 5.69 Å². The van der Waals surface area contributed by atoms with Crippen molar-refractivity contribution in [2.75, 3.05) is 31.1 Å². The van der Waals surface area contributed by atoms with Crippen molar-refractivity contribution in [2.45, 2.75) is 13.0 Å². The lowest BCUT2D eigenvalue weighted by Crippen LogP contribution is -2.48. The summed E-state index contributed by atoms with van der Waals surface area (Å²) < 4.78 is 0. The Hall–Kier alpha value is -3.11. The van der Waals surface area contributed by atoms with Crippen LogP contribution in [0.2, 0.25) is 0 Å². The number of nitrogens with zero attached hydrogens (tertiary/aromatic N) is 3. The summed E-state index contributed by atoms with van der Waals surface area (Å²) in [5.41, 5.74) is 6.39. The molecule has 0 spiro atoms. The van der Waals surface area contributed by atoms with Crippen molar-refractivity contribution in [1.29, 1.82) is 0 Å². The van der Waals surface area contributed by atoms with Crippen molar-refractivity contribution >= 4 is 16.6 Å². The number of piperazine rings is 1. The molecule has 4 heteroatoms. The van der Waals surface area contributed by atoms with Gasteiger partial charge in [-0.15, -0.1) is 0 Å². The molecule has 2 aromatic heterocycles. The average molecular weight is 383 g/mol. The van der Waals surface area contributed by atoms with Gasteiger partial charge < -0.3 is 9.88 Å². The molecule has 1 aliphatic rings. The maximum Gasteiger partial charge on any atom is 0.0642 e. The molecule has 4 aromatic rings. The summed E-state index contributed by atoms with van der Waals surface area (Å²) in [5.74, 6) is 0. The van der Waals surface area contributed by atoms with E-state index in [9.17, 15) is 0 Å². The fraction of sp³-hybridized carbons (Fsp3) is 0.240. The molecule has 1 unspecified atom stereocenters. The van der Waals surface area contributed by atoms with Gasteiger partial charge in [0.25, 0.3) is 0 Å². The van der Waals surface area contributed by atoms with E-state index >= 15 is 0 Å². The number of H-pyrrole nitrogens is 1. The summed E-state index contributed by atoms with van der Waals surface area (Å²) >= 11 is 0. The largest absolute Gasteiger partial charge is 0.369 e. The third-order valence-electron chi connectivity index (χ3n) is 6.02. The fourth-order valence-corrected chi connectivity index (χ4v) is 4.63. The maximum atomic E-state index is 4.44. The second-order valence-electron chi connectivity index (χ2n) is 7.76. The number of pyridine rings is 1. The summed E-state index contributed by atoms with van der Waals surface area (Å²) in [7, 11) is 0. The smallest absolute Gasteiger partial charge is 0.0642 e. The van der Waals surface area contributed by atoms with Crippen molar-refractivity contribution in [3.05, 3.63) is 95.9 Å². The van der Waals surface area contributed by atoms with Crippen molar-refractivity contribution in [3.63, 3.8) is 0 Å². The summed E-state index contributed by atoms with van der Waals surface area (Å²) in [6.45, 7) is 6.30. The molecule has 0 bridgehead atoms. The Balaban J connectivity index is 1.50. The number of anilines is 1. The first-order valence-electron chi connectivity index (χ1n) is 10.3. The molecule has 1 N–H and O–H groups in total. The zero-order valence-corrected chi connectivity index (χ0v) is 16.8. The normalized spacial score (nSPS) is 16.2. The Bertz CT molecular complexity index is 1080. The predicted octanol–water partition coefficient (Wildman–Crippen LogP) is 4.78. The van der Waals surface area contributed by atoms with Crippen LogP contribution in [0.25, 0.3) is 10.9 Å². The Morgan fingerprint density at radius 2 is 1.62 bits per heavy atom. The van der Waals surface area contributed by atoms with E-state index in [1.165, 1.54) is 33.4 Å². The quantitative estimate of drug-likeness (QED) is 0.551. The molecule has 2 aromatic carbocycles. The first-order valence-corrected chi connectivity index (χ1v) is 10.3. The Morgan fingerprint density at radius 1 is 0.862 bits per heavy atom. The van der Waals surface area contributed by atoms with Crippen LogP contribution in [0.1, 0.15) is 22.9 Å². The molecule has 4 nitrogen and oxygen atoms in total. The highest BCUT2D eigenvalue weighted by molar-refractivity contribution is 5.85. The van der Waals surface area contributed by atoms with Crippen LogP contribution < -0.4 is 4.90 Å². The lowest BCUT2D eigenvalue weighted by Gasteiger charge is -2.40. The van der Waals surface area contributed by atoms with E-state index in [4.69, 9.17) is 0 Å². The summed E-state index contributed by atoms with van der Waals surface area (Å²) in [4.78, 5) is 13.1. The molecule has 1 fully saturated rings. The molecule has 0 amide bonds. The number of benzene rings is 2. The molecule has 0 saturated carbocycles. The first kappa shape index (κ1) is 18.0. The Morgan fingerprint density at radius 3 is 2.38 bits per heavy atom. The van der Waals surface area contributed by atoms with Gasteiger partial charge in [-0.3, -0.25) is 9.88 Å². The van der Waals surface area contributed by atoms with E-state index in [0.717, 1.165) is 26.2 Å². The minimum atomic E-state index is 0.206. The highest BCUT2D eigenvalue weighted by Crippen LogP contribution is 2.36. The lowest BCUT2D eigenvalue weighted by molar-refractivity contribution is 0.212. The third-order valence-corrected chi connectivity index (χ3v) is 6.02. The van der Waals surface area contributed by atoms with E-state index < -0.39 is 0 Å². The van der Waals surface area contributed by atoms with Gasteiger partial charge in [0.2, 0.25) is 0 Å². The van der Waals surface area contributed by atoms with Crippen LogP contribution in [-0.2, 0) is 0 Å². The number of aromatic nitrogens is 2. The van der Waals surface area contributed by atoms with Gasteiger partial charge in [0.15, 0.2) is 0 Å². The van der Waals surface area contributed by atoms with Crippen LogP contribution in [0.5, 0.6) is 0 Å². The molecule has 1 atom stereocenters. The van der Waals surface area contributed by atoms with Gasteiger partial charge >= 0.3 is 0 Å². The van der Waals surface area contributed by atoms with Crippen molar-refractivity contribution in [3.8, 4) is 0 Å². The molecule has 0 radical (unpaired) electrons. The number of nitrogens with one attached hydrogen (secondary N) is 1. The van der Waals surface area contributed by atoms with E-state index in [1.807, 2.05) is 18.5 Å². The maximum absolute atomic E-state index is 4.44. The lowest BCUT2D eigenvalue weighted by atomic mass is 9.95. The monoisotopic (exact) mass is 382 g/mol. The van der Waals surface area contributed by atoms with Gasteiger partial charge in [-0.2, -0.15) is 0 Å². The van der Waals surface area contributed by atoms with E-state index in [2.05, 4.69) is 87.4 Å². The molecule has 1 aliphatic heterocycles. The Labute approximate surface area is 171 Å². The topological polar surface area (TPSA) is 35.2 Å². The van der Waals surface area contributed by atoms with Crippen molar-refractivity contribution in [1.82, 2.24) is 14.9 Å². The fourth-order valence-electron chi connectivity index (χ4n) is 4.63. The molecular formula is C25H26N4. The van der Waals surface area contributed by atoms with Crippen LogP contribution in [0, 0.1) is 6.92 Å². The number of hydrogen-bond donors (Lipinski definition) is 1. The van der Waals surface area contributed by atoms with Gasteiger partial charge in [0, 0.05) is 66.4 Å². The molecular weight excluding hydrogens is 356 g/mol. The van der Waals surface area contributed by atoms with Gasteiger partial charge in [-0.1, -0.05) is 42.5 Å². The van der Waals surface area contributed by atoms with Gasteiger partial charge in [-0.25, -0.2) is 0 Å². The highest BCUT2D eigenvalue weighted by atomic mass is 15.3. The van der Waals surface area contributed by atoms with E-state index in [1.54, 1.807) is 0 Å². The highest BCUT2D eigenvalue weighted by Gasteiger charge is 2.29. The molecule has 146 valence electrons. The summed E-state index contributed by atoms with van der Waals surface area (Å²) in [6.07, 6.45) is 3.88. The molecule has 0 aliphatic carbocycles. The number of aryl methyl sites for hydroxylation is 1. The first-order chi connectivity index (χ1) is 14.3. The van der Waals surface area contributed by atoms with Crippen LogP contribution >= 0.6 is 0 Å². The number of para-hydroxylation sites is 2. The third kappa shape index (κ3) is 3.40. The minimum Gasteiger partial charge on any atom is -0.369 e. The zero-order chi connectivity index (χ0) is 19.6. The van der Waals surface area contributed by atoms with Gasteiger partial charge in [0.1, 0.15) is 0 Å². The number of hydrogen-bond acceptors (Lipinski definition) is 3. The molecule has 1 saturated heterocycles. The zero-order valence-electron chi connectivity index (χ0n) is 16.8. The number of rotatable bonds is 4. The van der Waals surface area contributed by atoms with Gasteiger partial charge in [-0.05, 0) is 36.8 Å². The summed E-state index contributed by atoms with van der Waals surface area (Å²) in [5, 5.41) is 1.31. The average Bonchev–Trinajstić information content (AvgIpc) is 3.12. The Kier molecular flexibility index (Phi) is 4.78. The van der Waals surface area contributed by atoms with Crippen LogP contribution in [0.3, 0.4) is 0 Å². The van der Waals surface area contributed by atoms with Gasteiger partial charge in [0.05, 0.1) is 6.04 Å². The predicted molar refractivity (Wildman–Crippen MR) is 119 cm³/mol. The molecule has 3 heterocycles. The van der Waals surface area contributed by atoms with Crippen LogP contribution in [0.15, 0.2) is 79.1 Å². The second kappa shape index (κ2) is 7.72. The molecule has 5 rings (SSSR count). The van der Waals surface area contributed by atoms with E-state index in [0.29, 0.717) is 0 Å². The number of aromatic amines is 1. The minimum absolute atomic E-state index is 0.206. The SMILES string of the molecule is Cc1[nH]c2ccccc2c1C(c1cccnc1)N1CCN(c2ccccc2)CC1. The summed E-state index contributed by atoms with van der Waals surface area (Å²) in [6, 6.07) is 23.8. The number of fused-ring (bicyclic) bond motifs is 1. The van der Waals surface area contributed by atoms with Crippen molar-refractivity contribution in [2.24, 2.45) is 0 Å². The van der Waals surface area contributed by atoms with Crippen LogP contribution in [-0.4, -0.2) is 41.0 Å². The van der Waals surface area contributed by atoms with Crippen molar-refractivity contribution < 1.29 is 0 Å². The second-order valence-corrected chi connectivity index (χ2v) is 7.76. The van der Waals surface area contributed by atoms with E-state index in [-0.39, 0.29) is 6.04 Å².